The molecule has 2 amide bonds. The third kappa shape index (κ3) is 10.4. The van der Waals surface area contributed by atoms with Crippen molar-refractivity contribution in [2.45, 2.75) is 32.9 Å². The number of nitrogens with zero attached hydrogens (tertiary/aromatic N) is 1. The van der Waals surface area contributed by atoms with Crippen molar-refractivity contribution in [3.8, 4) is 5.75 Å². The van der Waals surface area contributed by atoms with Crippen molar-refractivity contribution in [2.75, 3.05) is 40.1 Å². The van der Waals surface area contributed by atoms with E-state index in [1.807, 2.05) is 38.1 Å². The first-order valence-corrected chi connectivity index (χ1v) is 12.1. The third-order valence-electron chi connectivity index (χ3n) is 3.81. The lowest BCUT2D eigenvalue weighted by Crippen LogP contribution is -2.40. The Morgan fingerprint density at radius 3 is 2.43 bits per heavy atom. The summed E-state index contributed by atoms with van der Waals surface area (Å²) in [5, 5.41) is 6.72. The second-order valence-electron chi connectivity index (χ2n) is 6.14. The number of nitrogens with one attached hydrogen (secondary N) is 2. The van der Waals surface area contributed by atoms with Crippen LogP contribution in [0, 0.1) is 0 Å². The Bertz CT molecular complexity index is 577. The molecule has 0 spiro atoms. The van der Waals surface area contributed by atoms with Gasteiger partial charge >= 0.3 is 14.6 Å². The van der Waals surface area contributed by atoms with Gasteiger partial charge in [-0.3, -0.25) is 0 Å². The molecule has 0 unspecified atom stereocenters. The van der Waals surface area contributed by atoms with Gasteiger partial charge in [0.05, 0.1) is 12.8 Å². The number of carbonyl (C=O) groups is 1. The number of ether oxygens (including phenoxy) is 2. The van der Waals surface area contributed by atoms with Gasteiger partial charge in [-0.2, -0.15) is 5.10 Å². The fourth-order valence-corrected chi connectivity index (χ4v) is 4.92. The number of benzene rings is 1. The molecule has 0 bridgehead atoms. The van der Waals surface area contributed by atoms with Gasteiger partial charge in [0.25, 0.3) is 0 Å². The fourth-order valence-electron chi connectivity index (χ4n) is 2.51. The second-order valence-corrected chi connectivity index (χ2v) is 9.48. The molecule has 0 fully saturated rings. The summed E-state index contributed by atoms with van der Waals surface area (Å²) in [5.41, 5.74) is 3.31. The Balaban J connectivity index is 2.26. The molecule has 1 aromatic rings. The van der Waals surface area contributed by atoms with Crippen LogP contribution >= 0.6 is 0 Å². The quantitative estimate of drug-likeness (QED) is 0.213. The van der Waals surface area contributed by atoms with Gasteiger partial charge in [-0.1, -0.05) is 0 Å². The van der Waals surface area contributed by atoms with Crippen molar-refractivity contribution in [3.05, 3.63) is 29.8 Å². The first-order chi connectivity index (χ1) is 13.5. The summed E-state index contributed by atoms with van der Waals surface area (Å²) in [5.74, 6) is 0.759. The van der Waals surface area contributed by atoms with Gasteiger partial charge in [-0.05, 0) is 62.7 Å². The number of rotatable bonds is 14. The molecule has 0 aliphatic carbocycles. The highest BCUT2D eigenvalue weighted by Crippen LogP contribution is 2.15. The lowest BCUT2D eigenvalue weighted by atomic mass is 10.2. The zero-order valence-electron chi connectivity index (χ0n) is 17.3. The minimum atomic E-state index is -2.13. The smallest absolute Gasteiger partial charge is 0.335 e. The molecular weight excluding hydrogens is 378 g/mol. The summed E-state index contributed by atoms with van der Waals surface area (Å²) < 4.78 is 22.0. The van der Waals surface area contributed by atoms with Crippen LogP contribution in [0.5, 0.6) is 5.75 Å². The Hall–Kier alpha value is -1.94. The highest BCUT2D eigenvalue weighted by Gasteiger charge is 2.29. The molecule has 0 heterocycles. The molecule has 28 heavy (non-hydrogen) atoms. The number of amides is 2. The van der Waals surface area contributed by atoms with Gasteiger partial charge in [0, 0.05) is 26.9 Å². The molecule has 9 heteroatoms. The van der Waals surface area contributed by atoms with Crippen LogP contribution in [0.2, 0.25) is 12.6 Å². The van der Waals surface area contributed by atoms with E-state index < -0.39 is 8.56 Å². The van der Waals surface area contributed by atoms with Gasteiger partial charge in [0.1, 0.15) is 12.4 Å². The number of hydrogen-bond donors (Lipinski definition) is 2. The molecule has 0 saturated carbocycles. The maximum atomic E-state index is 11.8. The van der Waals surface area contributed by atoms with E-state index in [4.69, 9.17) is 18.3 Å². The molecule has 0 aliphatic heterocycles. The molecule has 8 nitrogen and oxygen atoms in total. The zero-order chi connectivity index (χ0) is 20.7. The van der Waals surface area contributed by atoms with Crippen molar-refractivity contribution < 1.29 is 23.1 Å². The lowest BCUT2D eigenvalue weighted by Gasteiger charge is -2.25. The van der Waals surface area contributed by atoms with Gasteiger partial charge in [0.15, 0.2) is 0 Å². The highest BCUT2D eigenvalue weighted by atomic mass is 28.4. The van der Waals surface area contributed by atoms with Crippen molar-refractivity contribution in [3.63, 3.8) is 0 Å². The van der Waals surface area contributed by atoms with Gasteiger partial charge in [-0.15, -0.1) is 0 Å². The van der Waals surface area contributed by atoms with Crippen molar-refractivity contribution in [1.82, 2.24) is 10.7 Å². The van der Waals surface area contributed by atoms with E-state index in [2.05, 4.69) is 22.4 Å². The topological polar surface area (TPSA) is 90.4 Å². The predicted molar refractivity (Wildman–Crippen MR) is 112 cm³/mol. The fraction of sp³-hybridized carbons (Fsp3) is 0.579. The summed E-state index contributed by atoms with van der Waals surface area (Å²) in [6, 6.07) is 7.89. The third-order valence-corrected chi connectivity index (χ3v) is 6.87. The molecule has 0 saturated heterocycles. The number of carbonyl (C=O) groups excluding carboxylic acids is 1. The van der Waals surface area contributed by atoms with Crippen LogP contribution in [-0.2, 0) is 13.6 Å². The minimum Gasteiger partial charge on any atom is -0.491 e. The Morgan fingerprint density at radius 1 is 1.14 bits per heavy atom. The average molecular weight is 412 g/mol. The summed E-state index contributed by atoms with van der Waals surface area (Å²) in [4.78, 5) is 11.8. The summed E-state index contributed by atoms with van der Waals surface area (Å²) in [6.07, 6.45) is 2.37. The Morgan fingerprint density at radius 2 is 1.82 bits per heavy atom. The van der Waals surface area contributed by atoms with E-state index in [9.17, 15) is 4.79 Å². The van der Waals surface area contributed by atoms with Crippen molar-refractivity contribution >= 4 is 20.8 Å². The first kappa shape index (κ1) is 24.1. The van der Waals surface area contributed by atoms with Crippen molar-refractivity contribution in [2.24, 2.45) is 5.10 Å². The lowest BCUT2D eigenvalue weighted by molar-refractivity contribution is 0.146. The van der Waals surface area contributed by atoms with E-state index in [-0.39, 0.29) is 6.03 Å². The van der Waals surface area contributed by atoms with Gasteiger partial charge in [0.2, 0.25) is 0 Å². The molecule has 1 aromatic carbocycles. The molecule has 2 N–H and O–H groups in total. The molecular formula is C19H33N3O5Si. The van der Waals surface area contributed by atoms with Crippen LogP contribution in [0.15, 0.2) is 29.4 Å². The number of methoxy groups -OCH3 is 1. The standard InChI is InChI=1S/C19H33N3O5Si/c1-5-26-28(4,27-6-2)15-7-12-20-19(23)22-21-16-17-8-10-18(11-9-17)25-14-13-24-3/h8-11,16H,5-7,12-15H2,1-4H3,(H2,20,22,23)/b21-16+. The SMILES string of the molecule is CCO[Si](C)(CCCNC(=O)N/N=C/c1ccc(OCCOC)cc1)OCC. The zero-order valence-corrected chi connectivity index (χ0v) is 18.3. The van der Waals surface area contributed by atoms with Crippen LogP contribution < -0.4 is 15.5 Å². The van der Waals surface area contributed by atoms with Crippen LogP contribution in [0.25, 0.3) is 0 Å². The number of hydrogen-bond acceptors (Lipinski definition) is 6. The van der Waals surface area contributed by atoms with Crippen LogP contribution in [0.3, 0.4) is 0 Å². The first-order valence-electron chi connectivity index (χ1n) is 9.59. The van der Waals surface area contributed by atoms with Crippen molar-refractivity contribution in [1.29, 1.82) is 0 Å². The van der Waals surface area contributed by atoms with Crippen LogP contribution in [-0.4, -0.2) is 60.9 Å². The van der Waals surface area contributed by atoms with E-state index in [0.29, 0.717) is 33.0 Å². The largest absolute Gasteiger partial charge is 0.491 e. The Kier molecular flexibility index (Phi) is 12.1. The molecule has 158 valence electrons. The normalized spacial score (nSPS) is 11.6. The maximum absolute atomic E-state index is 11.8. The van der Waals surface area contributed by atoms with Gasteiger partial charge in [-0.25, -0.2) is 10.2 Å². The predicted octanol–water partition coefficient (Wildman–Crippen LogP) is 2.88. The Labute approximate surface area is 168 Å². The monoisotopic (exact) mass is 411 g/mol. The summed E-state index contributed by atoms with van der Waals surface area (Å²) >= 11 is 0. The van der Waals surface area contributed by atoms with E-state index >= 15 is 0 Å². The molecule has 0 aliphatic rings. The maximum Gasteiger partial charge on any atom is 0.335 e. The summed E-state index contributed by atoms with van der Waals surface area (Å²) in [6.45, 7) is 8.86. The second kappa shape index (κ2) is 14.1. The van der Waals surface area contributed by atoms with Gasteiger partial charge < -0.3 is 23.6 Å². The molecule has 0 aromatic heterocycles. The molecule has 0 atom stereocenters. The van der Waals surface area contributed by atoms with E-state index in [0.717, 1.165) is 23.8 Å². The van der Waals surface area contributed by atoms with E-state index in [1.165, 1.54) is 0 Å². The molecule has 0 radical (unpaired) electrons. The minimum absolute atomic E-state index is 0.341. The molecule has 1 rings (SSSR count). The average Bonchev–Trinajstić information content (AvgIpc) is 2.67. The number of hydrazone groups is 1. The van der Waals surface area contributed by atoms with E-state index in [1.54, 1.807) is 13.3 Å². The summed E-state index contributed by atoms with van der Waals surface area (Å²) in [7, 11) is -0.494. The van der Waals surface area contributed by atoms with Crippen LogP contribution in [0.1, 0.15) is 25.8 Å². The highest BCUT2D eigenvalue weighted by molar-refractivity contribution is 6.66. The number of urea groups is 1. The van der Waals surface area contributed by atoms with Crippen LogP contribution in [0.4, 0.5) is 4.79 Å².